The zero-order valence-corrected chi connectivity index (χ0v) is 9.92. The molecule has 5 nitrogen and oxygen atoms in total. The summed E-state index contributed by atoms with van der Waals surface area (Å²) < 4.78 is 0. The van der Waals surface area contributed by atoms with Crippen molar-refractivity contribution in [3.8, 4) is 0 Å². The molecule has 0 amide bonds. The summed E-state index contributed by atoms with van der Waals surface area (Å²) in [4.78, 5) is 7.14. The number of aromatic amines is 1. The van der Waals surface area contributed by atoms with E-state index in [-0.39, 0.29) is 11.2 Å². The first-order chi connectivity index (χ1) is 7.66. The van der Waals surface area contributed by atoms with Crippen molar-refractivity contribution >= 4 is 28.9 Å². The largest absolute Gasteiger partial charge is 0.373 e. The number of hydrogen-bond acceptors (Lipinski definition) is 4. The van der Waals surface area contributed by atoms with Gasteiger partial charge in [0.05, 0.1) is 11.7 Å². The SMILES string of the molecule is CC(Nc1cc(Cl)nnc1Cl)c1ncc[nH]1. The third-order valence-electron chi connectivity index (χ3n) is 2.02. The molecule has 2 aromatic heterocycles. The Bertz CT molecular complexity index is 471. The fourth-order valence-corrected chi connectivity index (χ4v) is 1.56. The Labute approximate surface area is 102 Å². The van der Waals surface area contributed by atoms with E-state index >= 15 is 0 Å². The van der Waals surface area contributed by atoms with Crippen molar-refractivity contribution in [1.82, 2.24) is 20.2 Å². The molecule has 0 aromatic carbocycles. The number of imidazole rings is 1. The third-order valence-corrected chi connectivity index (χ3v) is 2.48. The summed E-state index contributed by atoms with van der Waals surface area (Å²) in [6.45, 7) is 1.95. The number of nitrogens with zero attached hydrogens (tertiary/aromatic N) is 3. The van der Waals surface area contributed by atoms with Gasteiger partial charge in [0, 0.05) is 18.5 Å². The average molecular weight is 258 g/mol. The minimum Gasteiger partial charge on any atom is -0.373 e. The molecule has 2 N–H and O–H groups in total. The number of rotatable bonds is 3. The van der Waals surface area contributed by atoms with Crippen molar-refractivity contribution in [2.24, 2.45) is 0 Å². The van der Waals surface area contributed by atoms with E-state index < -0.39 is 0 Å². The molecular formula is C9H9Cl2N5. The molecule has 16 heavy (non-hydrogen) atoms. The first kappa shape index (κ1) is 11.2. The van der Waals surface area contributed by atoms with Crippen LogP contribution in [0.25, 0.3) is 0 Å². The number of hydrogen-bond donors (Lipinski definition) is 2. The molecular weight excluding hydrogens is 249 g/mol. The van der Waals surface area contributed by atoms with Gasteiger partial charge < -0.3 is 10.3 Å². The minimum atomic E-state index is -0.0206. The van der Waals surface area contributed by atoms with Crippen LogP contribution >= 0.6 is 23.2 Å². The van der Waals surface area contributed by atoms with E-state index in [2.05, 4.69) is 25.5 Å². The Morgan fingerprint density at radius 2 is 2.19 bits per heavy atom. The van der Waals surface area contributed by atoms with Crippen LogP contribution in [0.15, 0.2) is 18.5 Å². The zero-order valence-electron chi connectivity index (χ0n) is 8.41. The summed E-state index contributed by atoms with van der Waals surface area (Å²) in [5, 5.41) is 11.0. The van der Waals surface area contributed by atoms with Gasteiger partial charge in [-0.1, -0.05) is 23.2 Å². The van der Waals surface area contributed by atoms with Gasteiger partial charge in [-0.25, -0.2) is 4.98 Å². The van der Waals surface area contributed by atoms with Crippen molar-refractivity contribution in [2.75, 3.05) is 5.32 Å². The third kappa shape index (κ3) is 2.43. The van der Waals surface area contributed by atoms with Gasteiger partial charge in [-0.2, -0.15) is 0 Å². The van der Waals surface area contributed by atoms with E-state index in [0.717, 1.165) is 5.82 Å². The predicted molar refractivity (Wildman–Crippen MR) is 62.7 cm³/mol. The summed E-state index contributed by atoms with van der Waals surface area (Å²) in [5.74, 6) is 0.809. The maximum atomic E-state index is 5.88. The van der Waals surface area contributed by atoms with Crippen molar-refractivity contribution in [3.05, 3.63) is 34.6 Å². The molecule has 0 radical (unpaired) electrons. The Kier molecular flexibility index (Phi) is 3.26. The van der Waals surface area contributed by atoms with Crippen LogP contribution in [0, 0.1) is 0 Å². The highest BCUT2D eigenvalue weighted by Crippen LogP contribution is 2.24. The molecule has 2 aromatic rings. The first-order valence-corrected chi connectivity index (χ1v) is 5.37. The molecule has 0 spiro atoms. The lowest BCUT2D eigenvalue weighted by Crippen LogP contribution is -2.09. The van der Waals surface area contributed by atoms with E-state index in [1.807, 2.05) is 6.92 Å². The summed E-state index contributed by atoms with van der Waals surface area (Å²) in [7, 11) is 0. The number of halogens is 2. The highest BCUT2D eigenvalue weighted by atomic mass is 35.5. The summed E-state index contributed by atoms with van der Waals surface area (Å²) >= 11 is 11.6. The van der Waals surface area contributed by atoms with Crippen LogP contribution in [0.2, 0.25) is 10.3 Å². The van der Waals surface area contributed by atoms with Crippen LogP contribution in [0.1, 0.15) is 18.8 Å². The van der Waals surface area contributed by atoms with Gasteiger partial charge in [-0.3, -0.25) is 0 Å². The minimum absolute atomic E-state index is 0.0206. The van der Waals surface area contributed by atoms with Gasteiger partial charge >= 0.3 is 0 Å². The lowest BCUT2D eigenvalue weighted by molar-refractivity contribution is 0.807. The molecule has 1 atom stereocenters. The van der Waals surface area contributed by atoms with Gasteiger partial charge in [0.15, 0.2) is 10.3 Å². The summed E-state index contributed by atoms with van der Waals surface area (Å²) in [5.41, 5.74) is 0.630. The molecule has 1 unspecified atom stereocenters. The maximum Gasteiger partial charge on any atom is 0.174 e. The van der Waals surface area contributed by atoms with Crippen LogP contribution in [-0.2, 0) is 0 Å². The van der Waals surface area contributed by atoms with Crippen molar-refractivity contribution in [1.29, 1.82) is 0 Å². The molecule has 0 saturated carbocycles. The standard InChI is InChI=1S/C9H9Cl2N5/c1-5(9-12-2-3-13-9)14-6-4-7(10)15-16-8(6)11/h2-5H,1H3,(H,12,13)(H,14,15). The summed E-state index contributed by atoms with van der Waals surface area (Å²) in [6.07, 6.45) is 3.44. The molecule has 0 saturated heterocycles. The fraction of sp³-hybridized carbons (Fsp3) is 0.222. The molecule has 7 heteroatoms. The van der Waals surface area contributed by atoms with Gasteiger partial charge in [0.1, 0.15) is 5.82 Å². The highest BCUT2D eigenvalue weighted by Gasteiger charge is 2.11. The van der Waals surface area contributed by atoms with E-state index in [9.17, 15) is 0 Å². The molecule has 84 valence electrons. The van der Waals surface area contributed by atoms with Gasteiger partial charge in [0.25, 0.3) is 0 Å². The van der Waals surface area contributed by atoms with E-state index in [4.69, 9.17) is 23.2 Å². The predicted octanol–water partition coefficient (Wildman–Crippen LogP) is 2.68. The van der Waals surface area contributed by atoms with E-state index in [0.29, 0.717) is 10.8 Å². The smallest absolute Gasteiger partial charge is 0.174 e. The summed E-state index contributed by atoms with van der Waals surface area (Å²) in [6, 6.07) is 1.60. The Hall–Kier alpha value is -1.33. The zero-order chi connectivity index (χ0) is 11.5. The van der Waals surface area contributed by atoms with Crippen LogP contribution < -0.4 is 5.32 Å². The van der Waals surface area contributed by atoms with Crippen LogP contribution in [0.3, 0.4) is 0 Å². The molecule has 2 rings (SSSR count). The van der Waals surface area contributed by atoms with E-state index in [1.165, 1.54) is 0 Å². The lowest BCUT2D eigenvalue weighted by atomic mass is 10.3. The maximum absolute atomic E-state index is 5.88. The fourth-order valence-electron chi connectivity index (χ4n) is 1.27. The molecule has 2 heterocycles. The Balaban J connectivity index is 2.17. The van der Waals surface area contributed by atoms with Crippen LogP contribution in [-0.4, -0.2) is 20.2 Å². The quantitative estimate of drug-likeness (QED) is 0.888. The van der Waals surface area contributed by atoms with Gasteiger partial charge in [0.2, 0.25) is 0 Å². The number of aromatic nitrogens is 4. The average Bonchev–Trinajstić information content (AvgIpc) is 2.76. The number of H-pyrrole nitrogens is 1. The van der Waals surface area contributed by atoms with Crippen molar-refractivity contribution in [2.45, 2.75) is 13.0 Å². The topological polar surface area (TPSA) is 66.5 Å². The van der Waals surface area contributed by atoms with Crippen molar-refractivity contribution in [3.63, 3.8) is 0 Å². The van der Waals surface area contributed by atoms with E-state index in [1.54, 1.807) is 18.5 Å². The second-order valence-electron chi connectivity index (χ2n) is 3.21. The second kappa shape index (κ2) is 4.67. The van der Waals surface area contributed by atoms with Crippen LogP contribution in [0.5, 0.6) is 0 Å². The first-order valence-electron chi connectivity index (χ1n) is 4.61. The van der Waals surface area contributed by atoms with Gasteiger partial charge in [-0.05, 0) is 6.92 Å². The molecule has 0 fully saturated rings. The van der Waals surface area contributed by atoms with Gasteiger partial charge in [-0.15, -0.1) is 10.2 Å². The molecule has 0 bridgehead atoms. The molecule has 0 aliphatic rings. The van der Waals surface area contributed by atoms with Crippen molar-refractivity contribution < 1.29 is 0 Å². The van der Waals surface area contributed by atoms with Crippen LogP contribution in [0.4, 0.5) is 5.69 Å². The molecule has 0 aliphatic carbocycles. The Morgan fingerprint density at radius 3 is 2.88 bits per heavy atom. The highest BCUT2D eigenvalue weighted by molar-refractivity contribution is 6.33. The second-order valence-corrected chi connectivity index (χ2v) is 3.96. The monoisotopic (exact) mass is 257 g/mol. The number of nitrogens with one attached hydrogen (secondary N) is 2. The Morgan fingerprint density at radius 1 is 1.38 bits per heavy atom. The normalized spacial score (nSPS) is 12.4. The molecule has 0 aliphatic heterocycles. The lowest BCUT2D eigenvalue weighted by Gasteiger charge is -2.13. The number of anilines is 1.